The maximum absolute atomic E-state index is 11.8. The van der Waals surface area contributed by atoms with E-state index in [1.165, 1.54) is 0 Å². The highest BCUT2D eigenvalue weighted by Crippen LogP contribution is 2.37. The number of hydrogen-bond donors (Lipinski definition) is 0. The summed E-state index contributed by atoms with van der Waals surface area (Å²) < 4.78 is 0. The smallest absolute Gasteiger partial charge is 0.223 e. The number of carboxylic acid groups (broad SMARTS) is 1. The minimum Gasteiger partial charge on any atom is -0.550 e. The van der Waals surface area contributed by atoms with Gasteiger partial charge in [0.05, 0.1) is 6.04 Å². The number of hydrogen-bond acceptors (Lipinski definition) is 3. The average molecular weight is 246 g/mol. The van der Waals surface area contributed by atoms with Crippen LogP contribution in [0.25, 0.3) is 0 Å². The van der Waals surface area contributed by atoms with Crippen molar-refractivity contribution in [2.75, 3.05) is 6.54 Å². The van der Waals surface area contributed by atoms with E-state index in [-0.39, 0.29) is 12.3 Å². The SMILES string of the molecule is CCN1C(=O)C[C@@H](C(=O)[O-])[C@@H]1c1ccc(C)cc1. The van der Waals surface area contributed by atoms with Crippen LogP contribution in [0.3, 0.4) is 0 Å². The van der Waals surface area contributed by atoms with Gasteiger partial charge in [0.1, 0.15) is 0 Å². The molecule has 96 valence electrons. The van der Waals surface area contributed by atoms with Gasteiger partial charge in [0.15, 0.2) is 0 Å². The highest BCUT2D eigenvalue weighted by molar-refractivity contribution is 5.86. The van der Waals surface area contributed by atoms with Crippen molar-refractivity contribution >= 4 is 11.9 Å². The molecule has 0 unspecified atom stereocenters. The van der Waals surface area contributed by atoms with Crippen molar-refractivity contribution in [1.82, 2.24) is 4.90 Å². The minimum atomic E-state index is -1.15. The summed E-state index contributed by atoms with van der Waals surface area (Å²) >= 11 is 0. The third kappa shape index (κ3) is 2.10. The Balaban J connectivity index is 2.39. The van der Waals surface area contributed by atoms with Crippen molar-refractivity contribution in [2.24, 2.45) is 5.92 Å². The summed E-state index contributed by atoms with van der Waals surface area (Å²) in [6, 6.07) is 7.23. The Morgan fingerprint density at radius 1 is 1.39 bits per heavy atom. The van der Waals surface area contributed by atoms with Gasteiger partial charge in [0, 0.05) is 24.9 Å². The van der Waals surface area contributed by atoms with Crippen LogP contribution in [-0.2, 0) is 9.59 Å². The van der Waals surface area contributed by atoms with Crippen LogP contribution in [0.2, 0.25) is 0 Å². The molecule has 1 heterocycles. The Morgan fingerprint density at radius 3 is 2.50 bits per heavy atom. The largest absolute Gasteiger partial charge is 0.550 e. The number of amides is 1. The van der Waals surface area contributed by atoms with Gasteiger partial charge in [-0.15, -0.1) is 0 Å². The molecule has 4 nitrogen and oxygen atoms in total. The minimum absolute atomic E-state index is 0.0364. The summed E-state index contributed by atoms with van der Waals surface area (Å²) in [4.78, 5) is 24.6. The van der Waals surface area contributed by atoms with Gasteiger partial charge < -0.3 is 14.8 Å². The van der Waals surface area contributed by atoms with E-state index in [1.54, 1.807) is 4.90 Å². The molecule has 0 N–H and O–H groups in total. The molecule has 0 bridgehead atoms. The van der Waals surface area contributed by atoms with Crippen molar-refractivity contribution in [3.05, 3.63) is 35.4 Å². The zero-order valence-electron chi connectivity index (χ0n) is 10.6. The van der Waals surface area contributed by atoms with Crippen molar-refractivity contribution < 1.29 is 14.7 Å². The highest BCUT2D eigenvalue weighted by Gasteiger charge is 2.40. The van der Waals surface area contributed by atoms with E-state index in [0.717, 1.165) is 11.1 Å². The number of likely N-dealkylation sites (tertiary alicyclic amines) is 1. The molecular formula is C14H16NO3-. The van der Waals surface area contributed by atoms with Crippen molar-refractivity contribution in [1.29, 1.82) is 0 Å². The van der Waals surface area contributed by atoms with Crippen LogP contribution >= 0.6 is 0 Å². The van der Waals surface area contributed by atoms with E-state index in [1.807, 2.05) is 38.1 Å². The summed E-state index contributed by atoms with van der Waals surface area (Å²) in [6.07, 6.45) is 0.0364. The first-order valence-corrected chi connectivity index (χ1v) is 6.11. The van der Waals surface area contributed by atoms with Crippen molar-refractivity contribution in [2.45, 2.75) is 26.3 Å². The summed E-state index contributed by atoms with van der Waals surface area (Å²) in [7, 11) is 0. The number of nitrogens with zero attached hydrogens (tertiary/aromatic N) is 1. The summed E-state index contributed by atoms with van der Waals surface area (Å²) in [5, 5.41) is 11.2. The number of carbonyl (C=O) groups excluding carboxylic acids is 2. The van der Waals surface area contributed by atoms with E-state index in [4.69, 9.17) is 0 Å². The molecule has 1 aromatic carbocycles. The molecular weight excluding hydrogens is 230 g/mol. The van der Waals surface area contributed by atoms with E-state index < -0.39 is 17.9 Å². The van der Waals surface area contributed by atoms with Gasteiger partial charge in [-0.25, -0.2) is 0 Å². The first-order chi connectivity index (χ1) is 8.54. The fourth-order valence-electron chi connectivity index (χ4n) is 2.55. The zero-order chi connectivity index (χ0) is 13.3. The number of benzene rings is 1. The lowest BCUT2D eigenvalue weighted by Crippen LogP contribution is -2.36. The number of aliphatic carboxylic acids is 1. The second-order valence-electron chi connectivity index (χ2n) is 4.66. The number of rotatable bonds is 3. The molecule has 0 spiro atoms. The van der Waals surface area contributed by atoms with E-state index >= 15 is 0 Å². The molecule has 1 aromatic rings. The molecule has 1 aliphatic heterocycles. The van der Waals surface area contributed by atoms with E-state index in [9.17, 15) is 14.7 Å². The Bertz CT molecular complexity index is 466. The Morgan fingerprint density at radius 2 is 2.00 bits per heavy atom. The molecule has 1 aliphatic rings. The van der Waals surface area contributed by atoms with Gasteiger partial charge in [0.25, 0.3) is 0 Å². The standard InChI is InChI=1S/C14H17NO3/c1-3-15-12(16)8-11(14(17)18)13(15)10-6-4-9(2)5-7-10/h4-7,11,13H,3,8H2,1-2H3,(H,17,18)/p-1/t11-,13+/m1/s1. The molecule has 0 aliphatic carbocycles. The van der Waals surface area contributed by atoms with Crippen LogP contribution in [0.4, 0.5) is 0 Å². The van der Waals surface area contributed by atoms with Crippen LogP contribution in [0.5, 0.6) is 0 Å². The molecule has 1 fully saturated rings. The van der Waals surface area contributed by atoms with Crippen molar-refractivity contribution in [3.63, 3.8) is 0 Å². The first kappa shape index (κ1) is 12.6. The molecule has 1 saturated heterocycles. The van der Waals surface area contributed by atoms with Gasteiger partial charge >= 0.3 is 0 Å². The molecule has 0 saturated carbocycles. The summed E-state index contributed by atoms with van der Waals surface area (Å²) in [5.41, 5.74) is 1.97. The highest BCUT2D eigenvalue weighted by atomic mass is 16.4. The maximum Gasteiger partial charge on any atom is 0.223 e. The van der Waals surface area contributed by atoms with Gasteiger partial charge in [-0.05, 0) is 19.4 Å². The first-order valence-electron chi connectivity index (χ1n) is 6.11. The monoisotopic (exact) mass is 246 g/mol. The lowest BCUT2D eigenvalue weighted by molar-refractivity contribution is -0.312. The zero-order valence-corrected chi connectivity index (χ0v) is 10.6. The summed E-state index contributed by atoms with van der Waals surface area (Å²) in [6.45, 7) is 4.34. The predicted octanol–water partition coefficient (Wildman–Crippen LogP) is 0.654. The molecule has 2 rings (SSSR count). The molecule has 2 atom stereocenters. The van der Waals surface area contributed by atoms with Crippen LogP contribution in [0, 0.1) is 12.8 Å². The van der Waals surface area contributed by atoms with Gasteiger partial charge in [-0.1, -0.05) is 29.8 Å². The van der Waals surface area contributed by atoms with Crippen molar-refractivity contribution in [3.8, 4) is 0 Å². The third-order valence-corrected chi connectivity index (χ3v) is 3.49. The molecule has 4 heteroatoms. The van der Waals surface area contributed by atoms with Gasteiger partial charge in [-0.3, -0.25) is 4.79 Å². The third-order valence-electron chi connectivity index (χ3n) is 3.49. The molecule has 18 heavy (non-hydrogen) atoms. The Kier molecular flexibility index (Phi) is 3.36. The fraction of sp³-hybridized carbons (Fsp3) is 0.429. The van der Waals surface area contributed by atoms with Gasteiger partial charge in [-0.2, -0.15) is 0 Å². The fourth-order valence-corrected chi connectivity index (χ4v) is 2.55. The lowest BCUT2D eigenvalue weighted by Gasteiger charge is -2.28. The second-order valence-corrected chi connectivity index (χ2v) is 4.66. The van der Waals surface area contributed by atoms with Crippen LogP contribution < -0.4 is 5.11 Å². The van der Waals surface area contributed by atoms with E-state index in [0.29, 0.717) is 6.54 Å². The topological polar surface area (TPSA) is 60.4 Å². The maximum atomic E-state index is 11.8. The predicted molar refractivity (Wildman–Crippen MR) is 64.4 cm³/mol. The molecule has 0 aromatic heterocycles. The number of aryl methyl sites for hydroxylation is 1. The van der Waals surface area contributed by atoms with Crippen LogP contribution in [0.1, 0.15) is 30.5 Å². The number of carboxylic acids is 1. The Hall–Kier alpha value is -1.84. The molecule has 1 amide bonds. The second kappa shape index (κ2) is 4.80. The summed E-state index contributed by atoms with van der Waals surface area (Å²) in [5.74, 6) is -2.01. The number of carbonyl (C=O) groups is 2. The quantitative estimate of drug-likeness (QED) is 0.787. The Labute approximate surface area is 106 Å². The normalized spacial score (nSPS) is 23.4. The lowest BCUT2D eigenvalue weighted by atomic mass is 9.93. The van der Waals surface area contributed by atoms with E-state index in [2.05, 4.69) is 0 Å². The molecule has 0 radical (unpaired) electrons. The van der Waals surface area contributed by atoms with Crippen LogP contribution in [0.15, 0.2) is 24.3 Å². The average Bonchev–Trinajstić information content (AvgIpc) is 2.67. The van der Waals surface area contributed by atoms with Gasteiger partial charge in [0.2, 0.25) is 5.91 Å². The van der Waals surface area contributed by atoms with Crippen LogP contribution in [-0.4, -0.2) is 23.3 Å².